The van der Waals surface area contributed by atoms with Gasteiger partial charge >= 0.3 is 0 Å². The quantitative estimate of drug-likeness (QED) is 0.375. The minimum atomic E-state index is 0.235. The average Bonchev–Trinajstić information content (AvgIpc) is 1.82. The molecule has 0 nitrogen and oxygen atoms in total. The van der Waals surface area contributed by atoms with Crippen molar-refractivity contribution in [3.63, 3.8) is 0 Å². The minimum absolute atomic E-state index is 0.235. The maximum Gasteiger partial charge on any atom is 0.0547 e. The fourth-order valence-corrected chi connectivity index (χ4v) is 2.18. The maximum atomic E-state index is 6.06. The van der Waals surface area contributed by atoms with Crippen LogP contribution in [0.25, 0.3) is 0 Å². The molecule has 0 N–H and O–H groups in total. The molecule has 1 rings (SSSR count). The molecule has 0 spiro atoms. The summed E-state index contributed by atoms with van der Waals surface area (Å²) in [5.74, 6) is 1.41. The summed E-state index contributed by atoms with van der Waals surface area (Å²) < 4.78 is 0. The van der Waals surface area contributed by atoms with Crippen LogP contribution in [0.3, 0.4) is 0 Å². The lowest BCUT2D eigenvalue weighted by Crippen LogP contribution is -2.22. The topological polar surface area (TPSA) is 0 Å². The first-order valence-corrected chi connectivity index (χ1v) is 4.37. The zero-order valence-corrected chi connectivity index (χ0v) is 7.49. The average molecular weight is 159 g/mol. The largest absolute Gasteiger partial charge is 0.118 e. The number of hydrogen-bond donors (Lipinski definition) is 0. The summed E-state index contributed by atoms with van der Waals surface area (Å²) >= 11 is 6.06. The first kappa shape index (κ1) is 8.13. The molecule has 3 atom stereocenters. The van der Waals surface area contributed by atoms with Crippen LogP contribution in [0.5, 0.6) is 0 Å². The van der Waals surface area contributed by atoms with E-state index in [-0.39, 0.29) is 5.38 Å². The Bertz CT molecular complexity index is 126. The smallest absolute Gasteiger partial charge is 0.0547 e. The predicted octanol–water partition coefficient (Wildman–Crippen LogP) is 3.22. The van der Waals surface area contributed by atoms with Crippen LogP contribution in [0, 0.1) is 11.8 Å². The highest BCUT2D eigenvalue weighted by molar-refractivity contribution is 6.22. The van der Waals surface area contributed by atoms with Gasteiger partial charge in [-0.15, -0.1) is 11.6 Å². The van der Waals surface area contributed by atoms with Gasteiger partial charge in [-0.1, -0.05) is 26.0 Å². The van der Waals surface area contributed by atoms with E-state index < -0.39 is 0 Å². The lowest BCUT2D eigenvalue weighted by molar-refractivity contribution is 0.376. The molecular weight excluding hydrogens is 144 g/mol. The second-order valence-corrected chi connectivity index (χ2v) is 4.05. The Kier molecular flexibility index (Phi) is 2.40. The van der Waals surface area contributed by atoms with E-state index in [0.717, 1.165) is 12.3 Å². The second-order valence-electron chi connectivity index (χ2n) is 3.52. The summed E-state index contributed by atoms with van der Waals surface area (Å²) in [6, 6.07) is 0. The zero-order chi connectivity index (χ0) is 7.72. The van der Waals surface area contributed by atoms with Gasteiger partial charge in [0.1, 0.15) is 0 Å². The first-order valence-electron chi connectivity index (χ1n) is 3.94. The highest BCUT2D eigenvalue weighted by atomic mass is 35.5. The van der Waals surface area contributed by atoms with Gasteiger partial charge in [0.2, 0.25) is 0 Å². The van der Waals surface area contributed by atoms with Crippen LogP contribution in [0.4, 0.5) is 0 Å². The van der Waals surface area contributed by atoms with Gasteiger partial charge in [0.15, 0.2) is 0 Å². The lowest BCUT2D eigenvalue weighted by Gasteiger charge is -2.30. The van der Waals surface area contributed by atoms with Crippen molar-refractivity contribution >= 4 is 11.6 Å². The predicted molar refractivity (Wildman–Crippen MR) is 46.3 cm³/mol. The van der Waals surface area contributed by atoms with E-state index in [0.29, 0.717) is 5.92 Å². The van der Waals surface area contributed by atoms with Crippen molar-refractivity contribution in [3.05, 3.63) is 12.2 Å². The Morgan fingerprint density at radius 1 is 1.40 bits per heavy atom. The molecule has 3 unspecified atom stereocenters. The van der Waals surface area contributed by atoms with Crippen LogP contribution >= 0.6 is 11.6 Å². The monoisotopic (exact) mass is 158 g/mol. The molecule has 0 aromatic heterocycles. The number of alkyl halides is 1. The minimum Gasteiger partial charge on any atom is -0.118 e. The van der Waals surface area contributed by atoms with Crippen molar-refractivity contribution in [2.75, 3.05) is 0 Å². The number of rotatable bonds is 0. The van der Waals surface area contributed by atoms with Crippen LogP contribution in [0.15, 0.2) is 12.2 Å². The van der Waals surface area contributed by atoms with E-state index >= 15 is 0 Å². The van der Waals surface area contributed by atoms with E-state index in [1.54, 1.807) is 0 Å². The van der Waals surface area contributed by atoms with Gasteiger partial charge in [0.05, 0.1) is 5.38 Å². The summed E-state index contributed by atoms with van der Waals surface area (Å²) in [6.07, 6.45) is 2.38. The number of allylic oxidation sites excluding steroid dienone is 1. The van der Waals surface area contributed by atoms with Crippen molar-refractivity contribution in [3.8, 4) is 0 Å². The van der Waals surface area contributed by atoms with Gasteiger partial charge in [0, 0.05) is 0 Å². The highest BCUT2D eigenvalue weighted by Gasteiger charge is 2.25. The van der Waals surface area contributed by atoms with E-state index in [2.05, 4.69) is 20.4 Å². The van der Waals surface area contributed by atoms with Crippen LogP contribution in [0.2, 0.25) is 0 Å². The molecule has 1 heteroatoms. The fraction of sp³-hybridized carbons (Fsp3) is 0.778. The summed E-state index contributed by atoms with van der Waals surface area (Å²) in [7, 11) is 0. The SMILES string of the molecule is C=C1C(C)CC(C)CC1Cl. The van der Waals surface area contributed by atoms with Gasteiger partial charge in [0.25, 0.3) is 0 Å². The van der Waals surface area contributed by atoms with Crippen LogP contribution in [0.1, 0.15) is 26.7 Å². The summed E-state index contributed by atoms with van der Waals surface area (Å²) in [6.45, 7) is 8.46. The summed E-state index contributed by atoms with van der Waals surface area (Å²) in [5, 5.41) is 0.235. The van der Waals surface area contributed by atoms with Gasteiger partial charge in [-0.05, 0) is 24.7 Å². The molecule has 1 fully saturated rings. The molecule has 0 amide bonds. The highest BCUT2D eigenvalue weighted by Crippen LogP contribution is 2.34. The lowest BCUT2D eigenvalue weighted by atomic mass is 9.80. The van der Waals surface area contributed by atoms with Crippen molar-refractivity contribution in [1.82, 2.24) is 0 Å². The maximum absolute atomic E-state index is 6.06. The van der Waals surface area contributed by atoms with Crippen LogP contribution < -0.4 is 0 Å². The molecule has 1 aliphatic rings. The molecule has 0 aliphatic heterocycles. The summed E-state index contributed by atoms with van der Waals surface area (Å²) in [5.41, 5.74) is 1.24. The molecule has 1 aliphatic carbocycles. The Hall–Kier alpha value is 0.0300. The molecule has 10 heavy (non-hydrogen) atoms. The standard InChI is InChI=1S/C9H15Cl/c1-6-4-7(2)8(3)9(10)5-6/h6-7,9H,3-5H2,1-2H3. The van der Waals surface area contributed by atoms with Crippen molar-refractivity contribution in [1.29, 1.82) is 0 Å². The Morgan fingerprint density at radius 2 is 2.00 bits per heavy atom. The van der Waals surface area contributed by atoms with Crippen molar-refractivity contribution in [2.24, 2.45) is 11.8 Å². The van der Waals surface area contributed by atoms with Crippen molar-refractivity contribution in [2.45, 2.75) is 32.1 Å². The molecule has 0 aromatic rings. The van der Waals surface area contributed by atoms with Crippen molar-refractivity contribution < 1.29 is 0 Å². The molecular formula is C9H15Cl. The van der Waals surface area contributed by atoms with Crippen LogP contribution in [-0.2, 0) is 0 Å². The molecule has 0 heterocycles. The second kappa shape index (κ2) is 2.96. The van der Waals surface area contributed by atoms with E-state index in [1.807, 2.05) is 0 Å². The van der Waals surface area contributed by atoms with Gasteiger partial charge < -0.3 is 0 Å². The zero-order valence-electron chi connectivity index (χ0n) is 6.73. The molecule has 0 saturated heterocycles. The third-order valence-corrected chi connectivity index (χ3v) is 2.86. The molecule has 58 valence electrons. The number of halogens is 1. The van der Waals surface area contributed by atoms with E-state index in [1.165, 1.54) is 12.0 Å². The normalized spacial score (nSPS) is 41.9. The third kappa shape index (κ3) is 1.54. The first-order chi connectivity index (χ1) is 4.61. The number of hydrogen-bond acceptors (Lipinski definition) is 0. The van der Waals surface area contributed by atoms with Crippen LogP contribution in [-0.4, -0.2) is 5.38 Å². The summed E-state index contributed by atoms with van der Waals surface area (Å²) in [4.78, 5) is 0. The van der Waals surface area contributed by atoms with E-state index in [4.69, 9.17) is 11.6 Å². The fourth-order valence-electron chi connectivity index (χ4n) is 1.66. The van der Waals surface area contributed by atoms with Gasteiger partial charge in [-0.3, -0.25) is 0 Å². The molecule has 0 radical (unpaired) electrons. The Balaban J connectivity index is 2.57. The Morgan fingerprint density at radius 3 is 2.50 bits per heavy atom. The third-order valence-electron chi connectivity index (χ3n) is 2.40. The van der Waals surface area contributed by atoms with Gasteiger partial charge in [-0.25, -0.2) is 0 Å². The van der Waals surface area contributed by atoms with Gasteiger partial charge in [-0.2, -0.15) is 0 Å². The molecule has 0 aromatic carbocycles. The molecule has 1 saturated carbocycles. The van der Waals surface area contributed by atoms with E-state index in [9.17, 15) is 0 Å². The Labute approximate surface area is 68.3 Å². The molecule has 0 bridgehead atoms.